The fourth-order valence-electron chi connectivity index (χ4n) is 1.62. The molecule has 0 fully saturated rings. The van der Waals surface area contributed by atoms with E-state index in [2.05, 4.69) is 47.1 Å². The molecule has 0 aliphatic rings. The molecule has 1 N–H and O–H groups in total. The number of hydrogen-bond donors (Lipinski definition) is 1. The van der Waals surface area contributed by atoms with Gasteiger partial charge in [-0.05, 0) is 50.1 Å². The molecule has 1 aromatic carbocycles. The van der Waals surface area contributed by atoms with Crippen LogP contribution in [0.3, 0.4) is 0 Å². The molecule has 0 saturated heterocycles. The van der Waals surface area contributed by atoms with E-state index in [0.717, 1.165) is 12.1 Å². The Labute approximate surface area is 136 Å². The molecule has 21 heavy (non-hydrogen) atoms. The van der Waals surface area contributed by atoms with Crippen molar-refractivity contribution in [2.24, 2.45) is 0 Å². The second-order valence-electron chi connectivity index (χ2n) is 4.16. The zero-order valence-corrected chi connectivity index (χ0v) is 14.0. The number of aryl methyl sites for hydroxylation is 1. The molecule has 0 aliphatic carbocycles. The van der Waals surface area contributed by atoms with E-state index >= 15 is 0 Å². The molecule has 0 radical (unpaired) electrons. The minimum Gasteiger partial charge on any atom is -0.339 e. The van der Waals surface area contributed by atoms with Crippen LogP contribution in [0.4, 0.5) is 24.7 Å². The number of anilines is 2. The molecule has 2 aromatic rings. The Bertz CT molecular complexity index is 660. The third kappa shape index (κ3) is 4.16. The van der Waals surface area contributed by atoms with Gasteiger partial charge in [0.15, 0.2) is 0 Å². The van der Waals surface area contributed by atoms with E-state index in [1.165, 1.54) is 6.07 Å². The van der Waals surface area contributed by atoms with Crippen LogP contribution >= 0.6 is 31.9 Å². The first-order chi connectivity index (χ1) is 9.79. The summed E-state index contributed by atoms with van der Waals surface area (Å²) in [5, 5.41) is 2.87. The summed E-state index contributed by atoms with van der Waals surface area (Å²) in [5.41, 5.74) is -0.436. The molecule has 0 bridgehead atoms. The van der Waals surface area contributed by atoms with Gasteiger partial charge in [-0.3, -0.25) is 0 Å². The third-order valence-electron chi connectivity index (χ3n) is 2.61. The minimum atomic E-state index is -4.39. The van der Waals surface area contributed by atoms with Gasteiger partial charge < -0.3 is 5.32 Å². The summed E-state index contributed by atoms with van der Waals surface area (Å²) < 4.78 is 39.3. The maximum absolute atomic E-state index is 12.7. The number of alkyl halides is 3. The second-order valence-corrected chi connectivity index (χ2v) is 5.83. The second kappa shape index (κ2) is 6.31. The van der Waals surface area contributed by atoms with Crippen LogP contribution in [0.2, 0.25) is 0 Å². The van der Waals surface area contributed by atoms with Crippen molar-refractivity contribution in [1.29, 1.82) is 0 Å². The summed E-state index contributed by atoms with van der Waals surface area (Å²) in [6.07, 6.45) is -3.77. The Morgan fingerprint density at radius 1 is 1.14 bits per heavy atom. The van der Waals surface area contributed by atoms with Crippen molar-refractivity contribution in [1.82, 2.24) is 9.97 Å². The van der Waals surface area contributed by atoms with Crippen LogP contribution in [0.5, 0.6) is 0 Å². The van der Waals surface area contributed by atoms with Crippen LogP contribution in [0.1, 0.15) is 18.3 Å². The van der Waals surface area contributed by atoms with Crippen molar-refractivity contribution in [3.63, 3.8) is 0 Å². The highest BCUT2D eigenvalue weighted by Crippen LogP contribution is 2.35. The zero-order chi connectivity index (χ0) is 15.6. The van der Waals surface area contributed by atoms with Crippen molar-refractivity contribution in [2.45, 2.75) is 19.5 Å². The Kier molecular flexibility index (Phi) is 4.88. The highest BCUT2D eigenvalue weighted by molar-refractivity contribution is 9.10. The van der Waals surface area contributed by atoms with Gasteiger partial charge in [0.05, 0.1) is 11.3 Å². The molecule has 0 amide bonds. The van der Waals surface area contributed by atoms with Gasteiger partial charge in [-0.25, -0.2) is 9.97 Å². The van der Waals surface area contributed by atoms with E-state index in [0.29, 0.717) is 27.1 Å². The van der Waals surface area contributed by atoms with Crippen molar-refractivity contribution < 1.29 is 13.2 Å². The Hall–Kier alpha value is -1.15. The number of hydrogen-bond acceptors (Lipinski definition) is 3. The molecule has 3 nitrogen and oxygen atoms in total. The number of halogens is 5. The molecule has 112 valence electrons. The summed E-state index contributed by atoms with van der Waals surface area (Å²) in [7, 11) is 0. The lowest BCUT2D eigenvalue weighted by Gasteiger charge is -2.12. The van der Waals surface area contributed by atoms with Gasteiger partial charge in [0.1, 0.15) is 16.2 Å². The first-order valence-electron chi connectivity index (χ1n) is 5.97. The standard InChI is InChI=1S/C13H10Br2F3N3/c1-2-11-20-10(15)6-12(21-11)19-9-5-7(13(16,17)18)3-4-8(9)14/h3-6H,2H2,1H3,(H,19,20,21). The molecule has 1 heterocycles. The summed E-state index contributed by atoms with van der Waals surface area (Å²) in [4.78, 5) is 8.37. The van der Waals surface area contributed by atoms with Crippen molar-refractivity contribution in [3.05, 3.63) is 44.7 Å². The number of nitrogens with one attached hydrogen (secondary N) is 1. The smallest absolute Gasteiger partial charge is 0.339 e. The molecule has 2 rings (SSSR count). The van der Waals surface area contributed by atoms with Gasteiger partial charge in [0, 0.05) is 17.0 Å². The number of rotatable bonds is 3. The topological polar surface area (TPSA) is 37.8 Å². The van der Waals surface area contributed by atoms with E-state index in [1.807, 2.05) is 6.92 Å². The fraction of sp³-hybridized carbons (Fsp3) is 0.231. The van der Waals surface area contributed by atoms with Gasteiger partial charge >= 0.3 is 6.18 Å². The lowest BCUT2D eigenvalue weighted by Crippen LogP contribution is -2.06. The highest BCUT2D eigenvalue weighted by Gasteiger charge is 2.30. The van der Waals surface area contributed by atoms with Crippen molar-refractivity contribution in [2.75, 3.05) is 5.32 Å². The normalized spacial score (nSPS) is 11.5. The molecule has 0 aliphatic heterocycles. The first kappa shape index (κ1) is 16.2. The van der Waals surface area contributed by atoms with Crippen LogP contribution in [0, 0.1) is 0 Å². The molecule has 0 atom stereocenters. The Morgan fingerprint density at radius 2 is 1.86 bits per heavy atom. The predicted octanol–water partition coefficient (Wildman–Crippen LogP) is 5.33. The number of benzene rings is 1. The highest BCUT2D eigenvalue weighted by atomic mass is 79.9. The maximum Gasteiger partial charge on any atom is 0.416 e. The molecular formula is C13H10Br2F3N3. The Balaban J connectivity index is 2.37. The van der Waals surface area contributed by atoms with Crippen LogP contribution in [-0.2, 0) is 12.6 Å². The van der Waals surface area contributed by atoms with E-state index in [-0.39, 0.29) is 5.69 Å². The van der Waals surface area contributed by atoms with E-state index in [1.54, 1.807) is 6.07 Å². The van der Waals surface area contributed by atoms with Crippen LogP contribution in [-0.4, -0.2) is 9.97 Å². The molecule has 1 aromatic heterocycles. The Morgan fingerprint density at radius 3 is 2.48 bits per heavy atom. The zero-order valence-electron chi connectivity index (χ0n) is 10.8. The van der Waals surface area contributed by atoms with Gasteiger partial charge in [-0.1, -0.05) is 6.92 Å². The van der Waals surface area contributed by atoms with Crippen LogP contribution in [0.15, 0.2) is 33.3 Å². The average molecular weight is 425 g/mol. The fourth-order valence-corrected chi connectivity index (χ4v) is 2.39. The summed E-state index contributed by atoms with van der Waals surface area (Å²) in [6, 6.07) is 5.00. The average Bonchev–Trinajstić information content (AvgIpc) is 2.39. The monoisotopic (exact) mass is 423 g/mol. The van der Waals surface area contributed by atoms with E-state index in [9.17, 15) is 13.2 Å². The van der Waals surface area contributed by atoms with Crippen LogP contribution < -0.4 is 5.32 Å². The van der Waals surface area contributed by atoms with Crippen molar-refractivity contribution in [3.8, 4) is 0 Å². The van der Waals surface area contributed by atoms with E-state index < -0.39 is 11.7 Å². The van der Waals surface area contributed by atoms with Gasteiger partial charge in [0.25, 0.3) is 0 Å². The minimum absolute atomic E-state index is 0.289. The SMILES string of the molecule is CCc1nc(Br)cc(Nc2cc(C(F)(F)F)ccc2Br)n1. The van der Waals surface area contributed by atoms with Gasteiger partial charge in [0.2, 0.25) is 0 Å². The van der Waals surface area contributed by atoms with Crippen molar-refractivity contribution >= 4 is 43.4 Å². The number of nitrogens with zero attached hydrogens (tertiary/aromatic N) is 2. The van der Waals surface area contributed by atoms with Crippen LogP contribution in [0.25, 0.3) is 0 Å². The van der Waals surface area contributed by atoms with E-state index in [4.69, 9.17) is 0 Å². The quantitative estimate of drug-likeness (QED) is 0.677. The molecular weight excluding hydrogens is 415 g/mol. The third-order valence-corrected chi connectivity index (χ3v) is 3.71. The molecule has 0 unspecified atom stereocenters. The predicted molar refractivity (Wildman–Crippen MR) is 81.5 cm³/mol. The van der Waals surface area contributed by atoms with Gasteiger partial charge in [-0.15, -0.1) is 0 Å². The molecule has 8 heteroatoms. The molecule has 0 spiro atoms. The lowest BCUT2D eigenvalue weighted by atomic mass is 10.2. The summed E-state index contributed by atoms with van der Waals surface area (Å²) >= 11 is 6.47. The van der Waals surface area contributed by atoms with Gasteiger partial charge in [-0.2, -0.15) is 13.2 Å². The summed E-state index contributed by atoms with van der Waals surface area (Å²) in [6.45, 7) is 1.89. The molecule has 0 saturated carbocycles. The first-order valence-corrected chi connectivity index (χ1v) is 7.55. The number of aromatic nitrogens is 2. The maximum atomic E-state index is 12.7. The lowest BCUT2D eigenvalue weighted by molar-refractivity contribution is -0.137. The largest absolute Gasteiger partial charge is 0.416 e. The summed E-state index contributed by atoms with van der Waals surface area (Å²) in [5.74, 6) is 1.02.